The number of nitrogens with one attached hydrogen (secondary N) is 2. The molecular formula is C21H26ClN5S. The van der Waals surface area contributed by atoms with Crippen molar-refractivity contribution in [3.05, 3.63) is 58.7 Å². The molecule has 7 heteroatoms. The number of hydrogen-bond acceptors (Lipinski definition) is 4. The summed E-state index contributed by atoms with van der Waals surface area (Å²) in [7, 11) is 0. The van der Waals surface area contributed by atoms with Gasteiger partial charge in [-0.05, 0) is 36.4 Å². The van der Waals surface area contributed by atoms with Gasteiger partial charge >= 0.3 is 0 Å². The maximum absolute atomic E-state index is 6.05. The summed E-state index contributed by atoms with van der Waals surface area (Å²) in [6, 6.07) is 12.6. The fourth-order valence-corrected chi connectivity index (χ4v) is 4.10. The number of amidine groups is 1. The van der Waals surface area contributed by atoms with Gasteiger partial charge < -0.3 is 16.0 Å². The third-order valence-electron chi connectivity index (χ3n) is 4.98. The predicted octanol–water partition coefficient (Wildman–Crippen LogP) is 5.02. The van der Waals surface area contributed by atoms with E-state index in [-0.39, 0.29) is 12.4 Å². The summed E-state index contributed by atoms with van der Waals surface area (Å²) >= 11 is 1.59. The number of imidazole rings is 1. The molecule has 2 aromatic heterocycles. The molecule has 1 fully saturated rings. The van der Waals surface area contributed by atoms with Gasteiger partial charge in [0.05, 0.1) is 22.8 Å². The summed E-state index contributed by atoms with van der Waals surface area (Å²) in [5.41, 5.74) is 8.93. The third kappa shape index (κ3) is 5.22. The molecule has 1 aliphatic carbocycles. The molecule has 0 saturated heterocycles. The first-order valence-corrected chi connectivity index (χ1v) is 10.4. The minimum Gasteiger partial charge on any atom is -0.383 e. The van der Waals surface area contributed by atoms with E-state index in [1.807, 2.05) is 48.0 Å². The maximum Gasteiger partial charge on any atom is 0.141 e. The van der Waals surface area contributed by atoms with Gasteiger partial charge in [-0.3, -0.25) is 0 Å². The van der Waals surface area contributed by atoms with Crippen molar-refractivity contribution in [3.8, 4) is 11.3 Å². The lowest BCUT2D eigenvalue weighted by molar-refractivity contribution is 0.369. The first kappa shape index (κ1) is 20.6. The Morgan fingerprint density at radius 2 is 1.96 bits per heavy atom. The Labute approximate surface area is 175 Å². The van der Waals surface area contributed by atoms with Gasteiger partial charge in [-0.2, -0.15) is 0 Å². The van der Waals surface area contributed by atoms with E-state index < -0.39 is 0 Å². The highest BCUT2D eigenvalue weighted by molar-refractivity contribution is 7.12. The number of aliphatic imine (C=N–C) groups is 1. The largest absolute Gasteiger partial charge is 0.383 e. The number of nitrogens with two attached hydrogens (primary N) is 1. The number of benzene rings is 1. The number of thiophene rings is 1. The van der Waals surface area contributed by atoms with Gasteiger partial charge in [-0.25, -0.2) is 9.98 Å². The molecule has 28 heavy (non-hydrogen) atoms. The summed E-state index contributed by atoms with van der Waals surface area (Å²) in [5.74, 6) is 1.54. The summed E-state index contributed by atoms with van der Waals surface area (Å²) in [4.78, 5) is 13.5. The minimum atomic E-state index is 0. The zero-order chi connectivity index (χ0) is 18.5. The quantitative estimate of drug-likeness (QED) is 0.390. The SMILES string of the molecule is Cl.N/C(=N\c1ccc(-c2c[nH]c(CNC3CCCCC3)n2)cc1)c1cccs1. The second-order valence-electron chi connectivity index (χ2n) is 6.97. The Hall–Kier alpha value is -2.15. The molecular weight excluding hydrogens is 390 g/mol. The average Bonchev–Trinajstić information content (AvgIpc) is 3.40. The van der Waals surface area contributed by atoms with Crippen LogP contribution < -0.4 is 11.1 Å². The normalized spacial score (nSPS) is 15.4. The molecule has 4 rings (SSSR count). The number of rotatable bonds is 6. The highest BCUT2D eigenvalue weighted by Gasteiger charge is 2.13. The van der Waals surface area contributed by atoms with Crippen molar-refractivity contribution in [3.63, 3.8) is 0 Å². The molecule has 1 aromatic carbocycles. The van der Waals surface area contributed by atoms with Crippen molar-refractivity contribution in [2.45, 2.75) is 44.7 Å². The van der Waals surface area contributed by atoms with Gasteiger partial charge in [-0.1, -0.05) is 37.5 Å². The standard InChI is InChI=1S/C21H25N5S.ClH/c22-21(19-7-4-12-27-19)25-17-10-8-15(9-11-17)18-13-24-20(26-18)14-23-16-5-2-1-3-6-16;/h4,7-13,16,23H,1-3,5-6,14H2,(H2,22,25)(H,24,26);1H. The highest BCUT2D eigenvalue weighted by atomic mass is 35.5. The molecule has 0 aliphatic heterocycles. The molecule has 0 radical (unpaired) electrons. The van der Waals surface area contributed by atoms with E-state index >= 15 is 0 Å². The first-order valence-electron chi connectivity index (χ1n) is 9.54. The molecule has 4 N–H and O–H groups in total. The van der Waals surface area contributed by atoms with Gasteiger partial charge in [0.1, 0.15) is 11.7 Å². The molecule has 1 aliphatic rings. The van der Waals surface area contributed by atoms with Crippen molar-refractivity contribution < 1.29 is 0 Å². The second-order valence-corrected chi connectivity index (χ2v) is 7.92. The van der Waals surface area contributed by atoms with Crippen LogP contribution in [0.1, 0.15) is 42.8 Å². The van der Waals surface area contributed by atoms with Crippen LogP contribution in [-0.4, -0.2) is 21.8 Å². The Morgan fingerprint density at radius 3 is 2.68 bits per heavy atom. The van der Waals surface area contributed by atoms with Gasteiger partial charge in [0.2, 0.25) is 0 Å². The van der Waals surface area contributed by atoms with E-state index in [4.69, 9.17) is 10.7 Å². The summed E-state index contributed by atoms with van der Waals surface area (Å²) < 4.78 is 0. The number of aromatic nitrogens is 2. The Kier molecular flexibility index (Phi) is 7.25. The molecule has 0 spiro atoms. The van der Waals surface area contributed by atoms with Gasteiger partial charge in [0.15, 0.2) is 0 Å². The minimum absolute atomic E-state index is 0. The average molecular weight is 416 g/mol. The van der Waals surface area contributed by atoms with E-state index in [9.17, 15) is 0 Å². The number of nitrogens with zero attached hydrogens (tertiary/aromatic N) is 2. The zero-order valence-electron chi connectivity index (χ0n) is 15.7. The van der Waals surface area contributed by atoms with E-state index in [0.717, 1.165) is 34.2 Å². The zero-order valence-corrected chi connectivity index (χ0v) is 17.4. The number of H-pyrrole nitrogens is 1. The van der Waals surface area contributed by atoms with E-state index in [1.54, 1.807) is 11.3 Å². The van der Waals surface area contributed by atoms with Crippen LogP contribution in [0.25, 0.3) is 11.3 Å². The topological polar surface area (TPSA) is 79.1 Å². The van der Waals surface area contributed by atoms with Crippen LogP contribution in [0, 0.1) is 0 Å². The predicted molar refractivity (Wildman–Crippen MR) is 120 cm³/mol. The second kappa shape index (κ2) is 9.87. The highest BCUT2D eigenvalue weighted by Crippen LogP contribution is 2.22. The summed E-state index contributed by atoms with van der Waals surface area (Å²) in [5, 5.41) is 5.62. The smallest absolute Gasteiger partial charge is 0.141 e. The lowest BCUT2D eigenvalue weighted by Crippen LogP contribution is -2.30. The molecule has 5 nitrogen and oxygen atoms in total. The fourth-order valence-electron chi connectivity index (χ4n) is 3.47. The van der Waals surface area contributed by atoms with Crippen molar-refractivity contribution in [2.75, 3.05) is 0 Å². The molecule has 0 amide bonds. The molecule has 1 saturated carbocycles. The number of hydrogen-bond donors (Lipinski definition) is 3. The monoisotopic (exact) mass is 415 g/mol. The van der Waals surface area contributed by atoms with Crippen LogP contribution in [0.3, 0.4) is 0 Å². The van der Waals surface area contributed by atoms with Crippen molar-refractivity contribution >= 4 is 35.3 Å². The Balaban J connectivity index is 0.00000225. The maximum atomic E-state index is 6.05. The lowest BCUT2D eigenvalue weighted by atomic mass is 9.95. The molecule has 2 heterocycles. The van der Waals surface area contributed by atoms with Gasteiger partial charge in [0, 0.05) is 17.8 Å². The van der Waals surface area contributed by atoms with Gasteiger partial charge in [-0.15, -0.1) is 23.7 Å². The third-order valence-corrected chi connectivity index (χ3v) is 5.87. The van der Waals surface area contributed by atoms with E-state index in [0.29, 0.717) is 11.9 Å². The summed E-state index contributed by atoms with van der Waals surface area (Å²) in [6.07, 6.45) is 8.59. The van der Waals surface area contributed by atoms with Crippen molar-refractivity contribution in [2.24, 2.45) is 10.7 Å². The van der Waals surface area contributed by atoms with Crippen molar-refractivity contribution in [1.82, 2.24) is 15.3 Å². The number of halogens is 1. The van der Waals surface area contributed by atoms with Crippen LogP contribution in [0.15, 0.2) is 53.0 Å². The summed E-state index contributed by atoms with van der Waals surface area (Å²) in [6.45, 7) is 0.796. The van der Waals surface area contributed by atoms with Crippen LogP contribution in [0.2, 0.25) is 0 Å². The van der Waals surface area contributed by atoms with Crippen LogP contribution in [-0.2, 0) is 6.54 Å². The molecule has 0 bridgehead atoms. The number of aromatic amines is 1. The fraction of sp³-hybridized carbons (Fsp3) is 0.333. The van der Waals surface area contributed by atoms with Crippen LogP contribution >= 0.6 is 23.7 Å². The first-order chi connectivity index (χ1) is 13.3. The van der Waals surface area contributed by atoms with E-state index in [1.165, 1.54) is 32.1 Å². The molecule has 0 atom stereocenters. The Bertz CT molecular complexity index is 880. The van der Waals surface area contributed by atoms with Crippen LogP contribution in [0.4, 0.5) is 5.69 Å². The van der Waals surface area contributed by atoms with E-state index in [2.05, 4.69) is 15.3 Å². The Morgan fingerprint density at radius 1 is 1.18 bits per heavy atom. The molecule has 148 valence electrons. The molecule has 3 aromatic rings. The lowest BCUT2D eigenvalue weighted by Gasteiger charge is -2.22. The van der Waals surface area contributed by atoms with Crippen LogP contribution in [0.5, 0.6) is 0 Å². The molecule has 0 unspecified atom stereocenters. The van der Waals surface area contributed by atoms with Gasteiger partial charge in [0.25, 0.3) is 0 Å². The van der Waals surface area contributed by atoms with Crippen molar-refractivity contribution in [1.29, 1.82) is 0 Å².